The van der Waals surface area contributed by atoms with Crippen molar-refractivity contribution >= 4 is 32.3 Å². The molecule has 0 aromatic heterocycles. The number of benzene rings is 6. The summed E-state index contributed by atoms with van der Waals surface area (Å²) < 4.78 is 42.8. The summed E-state index contributed by atoms with van der Waals surface area (Å²) in [5.41, 5.74) is 4.32. The molecule has 0 nitrogen and oxygen atoms in total. The van der Waals surface area contributed by atoms with Gasteiger partial charge in [0.1, 0.15) is 5.82 Å². The SMILES string of the molecule is Cc1cc2ccc(-c3c4ccccc4c(-c4cccc(C(C)(F)F)c4)c4ccccc34)cc2cc1F. The van der Waals surface area contributed by atoms with Gasteiger partial charge in [0.15, 0.2) is 0 Å². The second-order valence-electron chi connectivity index (χ2n) is 9.47. The molecule has 0 N–H and O–H groups in total. The lowest BCUT2D eigenvalue weighted by atomic mass is 9.85. The second-order valence-corrected chi connectivity index (χ2v) is 9.47. The summed E-state index contributed by atoms with van der Waals surface area (Å²) in [5.74, 6) is -3.15. The molecule has 0 aliphatic heterocycles. The fourth-order valence-electron chi connectivity index (χ4n) is 5.24. The highest BCUT2D eigenvalue weighted by atomic mass is 19.3. The molecular formula is C33H23F3. The van der Waals surface area contributed by atoms with Gasteiger partial charge in [-0.3, -0.25) is 0 Å². The largest absolute Gasteiger partial charge is 0.270 e. The molecule has 0 heterocycles. The van der Waals surface area contributed by atoms with Crippen LogP contribution in [0.5, 0.6) is 0 Å². The molecule has 0 spiro atoms. The Kier molecular flexibility index (Phi) is 5.11. The van der Waals surface area contributed by atoms with Gasteiger partial charge < -0.3 is 0 Å². The summed E-state index contributed by atoms with van der Waals surface area (Å²) in [4.78, 5) is 0. The fourth-order valence-corrected chi connectivity index (χ4v) is 5.24. The average molecular weight is 477 g/mol. The van der Waals surface area contributed by atoms with Gasteiger partial charge in [-0.15, -0.1) is 0 Å². The quantitative estimate of drug-likeness (QED) is 0.223. The van der Waals surface area contributed by atoms with Crippen molar-refractivity contribution in [1.82, 2.24) is 0 Å². The highest BCUT2D eigenvalue weighted by Gasteiger charge is 2.25. The van der Waals surface area contributed by atoms with Crippen LogP contribution in [0.1, 0.15) is 18.1 Å². The van der Waals surface area contributed by atoms with Crippen molar-refractivity contribution in [3.05, 3.63) is 120 Å². The Labute approximate surface area is 207 Å². The van der Waals surface area contributed by atoms with Gasteiger partial charge in [0.25, 0.3) is 5.92 Å². The monoisotopic (exact) mass is 476 g/mol. The van der Waals surface area contributed by atoms with Crippen molar-refractivity contribution in [2.45, 2.75) is 19.8 Å². The van der Waals surface area contributed by atoms with Crippen LogP contribution in [0.2, 0.25) is 0 Å². The standard InChI is InChI=1S/C33H23F3/c1-20-16-21-14-15-23(17-24(21)19-30(20)34)32-28-12-5-3-10-26(28)31(27-11-4-6-13-29(27)32)22-8-7-9-25(18-22)33(2,35)36/h3-19H,1-2H3. The molecule has 0 aliphatic rings. The molecule has 0 saturated heterocycles. The van der Waals surface area contributed by atoms with Crippen LogP contribution in [-0.4, -0.2) is 0 Å². The van der Waals surface area contributed by atoms with Gasteiger partial charge in [-0.05, 0) is 91.3 Å². The molecule has 0 saturated carbocycles. The first-order valence-electron chi connectivity index (χ1n) is 11.9. The number of hydrogen-bond donors (Lipinski definition) is 0. The molecule has 6 rings (SSSR count). The Morgan fingerprint density at radius 3 is 1.67 bits per heavy atom. The summed E-state index contributed by atoms with van der Waals surface area (Å²) in [6.45, 7) is 2.70. The molecule has 0 unspecified atom stereocenters. The molecule has 3 heteroatoms. The first-order valence-corrected chi connectivity index (χ1v) is 11.9. The maximum absolute atomic E-state index is 14.4. The van der Waals surface area contributed by atoms with E-state index in [1.165, 1.54) is 6.07 Å². The van der Waals surface area contributed by atoms with Crippen LogP contribution in [-0.2, 0) is 5.92 Å². The molecular weight excluding hydrogens is 453 g/mol. The van der Waals surface area contributed by atoms with E-state index in [1.807, 2.05) is 60.7 Å². The highest BCUT2D eigenvalue weighted by Crippen LogP contribution is 2.44. The summed E-state index contributed by atoms with van der Waals surface area (Å²) in [5, 5.41) is 5.83. The predicted octanol–water partition coefficient (Wildman–Crippen LogP) is 10.0. The molecule has 176 valence electrons. The lowest BCUT2D eigenvalue weighted by molar-refractivity contribution is 0.0175. The Morgan fingerprint density at radius 2 is 1.11 bits per heavy atom. The predicted molar refractivity (Wildman–Crippen MR) is 144 cm³/mol. The lowest BCUT2D eigenvalue weighted by Crippen LogP contribution is -2.06. The summed E-state index contributed by atoms with van der Waals surface area (Å²) in [6, 6.07) is 32.4. The first-order chi connectivity index (χ1) is 17.3. The van der Waals surface area contributed by atoms with E-state index in [9.17, 15) is 13.2 Å². The van der Waals surface area contributed by atoms with Crippen LogP contribution < -0.4 is 0 Å². The highest BCUT2D eigenvalue weighted by molar-refractivity contribution is 6.21. The summed E-state index contributed by atoms with van der Waals surface area (Å²) in [6.07, 6.45) is 0. The van der Waals surface area contributed by atoms with E-state index in [2.05, 4.69) is 18.2 Å². The van der Waals surface area contributed by atoms with Crippen LogP contribution in [0, 0.1) is 12.7 Å². The minimum atomic E-state index is -2.93. The number of rotatable bonds is 3. The minimum absolute atomic E-state index is 0.0101. The number of hydrogen-bond acceptors (Lipinski definition) is 0. The molecule has 0 atom stereocenters. The van der Waals surface area contributed by atoms with E-state index >= 15 is 0 Å². The maximum Gasteiger partial charge on any atom is 0.270 e. The van der Waals surface area contributed by atoms with E-state index in [0.717, 1.165) is 61.5 Å². The third kappa shape index (κ3) is 3.63. The number of alkyl halides is 2. The van der Waals surface area contributed by atoms with E-state index in [0.29, 0.717) is 5.56 Å². The third-order valence-electron chi connectivity index (χ3n) is 7.00. The van der Waals surface area contributed by atoms with E-state index in [-0.39, 0.29) is 11.4 Å². The van der Waals surface area contributed by atoms with Crippen molar-refractivity contribution in [1.29, 1.82) is 0 Å². The molecule has 6 aromatic carbocycles. The number of aryl methyl sites for hydroxylation is 1. The molecule has 6 aromatic rings. The van der Waals surface area contributed by atoms with Crippen LogP contribution in [0.25, 0.3) is 54.6 Å². The Morgan fingerprint density at radius 1 is 0.556 bits per heavy atom. The topological polar surface area (TPSA) is 0 Å². The number of fused-ring (bicyclic) bond motifs is 3. The van der Waals surface area contributed by atoms with E-state index in [4.69, 9.17) is 0 Å². The molecule has 0 amide bonds. The van der Waals surface area contributed by atoms with Gasteiger partial charge in [-0.1, -0.05) is 78.9 Å². The zero-order chi connectivity index (χ0) is 25.0. The van der Waals surface area contributed by atoms with Crippen LogP contribution in [0.4, 0.5) is 13.2 Å². The Bertz CT molecular complexity index is 1730. The molecule has 0 radical (unpaired) electrons. The fraction of sp³-hybridized carbons (Fsp3) is 0.0909. The van der Waals surface area contributed by atoms with Gasteiger partial charge >= 0.3 is 0 Å². The van der Waals surface area contributed by atoms with Crippen LogP contribution in [0.3, 0.4) is 0 Å². The second kappa shape index (κ2) is 8.23. The van der Waals surface area contributed by atoms with Gasteiger partial charge in [0.05, 0.1) is 0 Å². The van der Waals surface area contributed by atoms with Crippen molar-refractivity contribution < 1.29 is 13.2 Å². The van der Waals surface area contributed by atoms with E-state index in [1.54, 1.807) is 25.1 Å². The minimum Gasteiger partial charge on any atom is -0.207 e. The maximum atomic E-state index is 14.4. The molecule has 36 heavy (non-hydrogen) atoms. The summed E-state index contributed by atoms with van der Waals surface area (Å²) >= 11 is 0. The smallest absolute Gasteiger partial charge is 0.207 e. The number of halogens is 3. The van der Waals surface area contributed by atoms with Crippen LogP contribution >= 0.6 is 0 Å². The van der Waals surface area contributed by atoms with Crippen molar-refractivity contribution in [2.24, 2.45) is 0 Å². The normalized spacial score (nSPS) is 12.0. The van der Waals surface area contributed by atoms with Gasteiger partial charge in [0.2, 0.25) is 0 Å². The van der Waals surface area contributed by atoms with Gasteiger partial charge in [-0.25, -0.2) is 13.2 Å². The van der Waals surface area contributed by atoms with Gasteiger partial charge in [0, 0.05) is 12.5 Å². The van der Waals surface area contributed by atoms with Crippen molar-refractivity contribution in [2.75, 3.05) is 0 Å². The van der Waals surface area contributed by atoms with Crippen molar-refractivity contribution in [3.63, 3.8) is 0 Å². The molecule has 0 aliphatic carbocycles. The zero-order valence-corrected chi connectivity index (χ0v) is 19.9. The Balaban J connectivity index is 1.71. The van der Waals surface area contributed by atoms with Gasteiger partial charge in [-0.2, -0.15) is 0 Å². The lowest BCUT2D eigenvalue weighted by Gasteiger charge is -2.19. The van der Waals surface area contributed by atoms with E-state index < -0.39 is 5.92 Å². The average Bonchev–Trinajstić information content (AvgIpc) is 2.87. The first kappa shape index (κ1) is 22.4. The van der Waals surface area contributed by atoms with Crippen molar-refractivity contribution in [3.8, 4) is 22.3 Å². The Hall–Kier alpha value is -4.11. The molecule has 0 fully saturated rings. The molecule has 0 bridgehead atoms. The zero-order valence-electron chi connectivity index (χ0n) is 19.9. The van der Waals surface area contributed by atoms with Crippen LogP contribution in [0.15, 0.2) is 103 Å². The summed E-state index contributed by atoms with van der Waals surface area (Å²) in [7, 11) is 0. The third-order valence-corrected chi connectivity index (χ3v) is 7.00.